The monoisotopic (exact) mass is 362 g/mol. The number of nitrogens with zero attached hydrogens (tertiary/aromatic N) is 2. The third-order valence-electron chi connectivity index (χ3n) is 3.48. The topological polar surface area (TPSA) is 36.3 Å². The molecule has 1 unspecified atom stereocenters. The van der Waals surface area contributed by atoms with E-state index in [-0.39, 0.29) is 12.9 Å². The number of ether oxygens (including phenoxy) is 2. The Kier molecular flexibility index (Phi) is 5.75. The quantitative estimate of drug-likeness (QED) is 0.555. The molecule has 0 saturated carbocycles. The summed E-state index contributed by atoms with van der Waals surface area (Å²) in [5.41, 5.74) is 0.853. The fourth-order valence-corrected chi connectivity index (χ4v) is 2.82. The van der Waals surface area contributed by atoms with Gasteiger partial charge in [0, 0.05) is 28.0 Å². The summed E-state index contributed by atoms with van der Waals surface area (Å²) in [5, 5.41) is 1.15. The zero-order valence-electron chi connectivity index (χ0n) is 12.8. The molecule has 4 nitrogen and oxygen atoms in total. The maximum Gasteiger partial charge on any atom is 0.189 e. The summed E-state index contributed by atoms with van der Waals surface area (Å²) >= 11 is 12.3. The molecule has 0 fully saturated rings. The normalized spacial score (nSPS) is 12.1. The van der Waals surface area contributed by atoms with Crippen LogP contribution in [0.25, 0.3) is 0 Å². The molecule has 0 bridgehead atoms. The molecule has 0 radical (unpaired) electrons. The highest BCUT2D eigenvalue weighted by Crippen LogP contribution is 2.29. The highest BCUT2D eigenvalue weighted by atomic mass is 35.5. The fraction of sp³-hybridized carbons (Fsp3) is 0.167. The molecule has 0 spiro atoms. The average Bonchev–Trinajstić information content (AvgIpc) is 3.08. The van der Waals surface area contributed by atoms with Gasteiger partial charge in [-0.05, 0) is 24.3 Å². The number of rotatable bonds is 7. The summed E-state index contributed by atoms with van der Waals surface area (Å²) in [5.74, 6) is 0.751. The Balaban J connectivity index is 1.72. The number of imidazole rings is 1. The van der Waals surface area contributed by atoms with Gasteiger partial charge in [0.1, 0.15) is 11.9 Å². The average molecular weight is 363 g/mol. The number of halogens is 2. The maximum absolute atomic E-state index is 6.33. The van der Waals surface area contributed by atoms with E-state index >= 15 is 0 Å². The second-order valence-electron chi connectivity index (χ2n) is 5.16. The highest BCUT2D eigenvalue weighted by Gasteiger charge is 2.17. The number of para-hydroxylation sites is 1. The van der Waals surface area contributed by atoms with Crippen molar-refractivity contribution in [1.82, 2.24) is 9.55 Å². The lowest BCUT2D eigenvalue weighted by Crippen LogP contribution is -2.15. The standard InChI is InChI=1S/C18H16Cl2N2O2/c19-14-6-7-16(17(20)10-14)18(11-22-9-8-21-12-22)24-13-23-15-4-2-1-3-5-15/h1-10,12,18H,11,13H2. The van der Waals surface area contributed by atoms with Crippen molar-refractivity contribution in [2.45, 2.75) is 12.6 Å². The van der Waals surface area contributed by atoms with Gasteiger partial charge < -0.3 is 14.0 Å². The van der Waals surface area contributed by atoms with Crippen molar-refractivity contribution >= 4 is 23.2 Å². The van der Waals surface area contributed by atoms with E-state index in [4.69, 9.17) is 32.7 Å². The molecule has 0 aliphatic rings. The predicted octanol–water partition coefficient (Wildman–Crippen LogP) is 4.98. The van der Waals surface area contributed by atoms with E-state index in [1.54, 1.807) is 24.7 Å². The SMILES string of the molecule is Clc1ccc(C(Cn2ccnc2)OCOc2ccccc2)c(Cl)c1. The van der Waals surface area contributed by atoms with Crippen molar-refractivity contribution in [3.05, 3.63) is 82.9 Å². The van der Waals surface area contributed by atoms with Crippen molar-refractivity contribution in [2.24, 2.45) is 0 Å². The Morgan fingerprint density at radius 3 is 2.62 bits per heavy atom. The largest absolute Gasteiger partial charge is 0.468 e. The van der Waals surface area contributed by atoms with E-state index in [0.717, 1.165) is 11.3 Å². The molecule has 3 rings (SSSR count). The Bertz CT molecular complexity index is 764. The van der Waals surface area contributed by atoms with Crippen molar-refractivity contribution in [1.29, 1.82) is 0 Å². The number of hydrogen-bond donors (Lipinski definition) is 0. The molecule has 2 aromatic carbocycles. The Labute approximate surface area is 150 Å². The molecule has 0 N–H and O–H groups in total. The van der Waals surface area contributed by atoms with Gasteiger partial charge in [-0.25, -0.2) is 4.98 Å². The van der Waals surface area contributed by atoms with Crippen LogP contribution in [0.15, 0.2) is 67.3 Å². The van der Waals surface area contributed by atoms with E-state index in [1.165, 1.54) is 0 Å². The molecule has 0 saturated heterocycles. The molecule has 124 valence electrons. The zero-order chi connectivity index (χ0) is 16.8. The summed E-state index contributed by atoms with van der Waals surface area (Å²) in [6.07, 6.45) is 5.05. The second kappa shape index (κ2) is 8.20. The smallest absolute Gasteiger partial charge is 0.189 e. The van der Waals surface area contributed by atoms with Crippen LogP contribution in [0.2, 0.25) is 10.0 Å². The molecule has 0 aliphatic heterocycles. The lowest BCUT2D eigenvalue weighted by molar-refractivity contribution is -0.0444. The van der Waals surface area contributed by atoms with Gasteiger partial charge in [-0.2, -0.15) is 0 Å². The van der Waals surface area contributed by atoms with Crippen LogP contribution in [0, 0.1) is 0 Å². The molecule has 0 amide bonds. The van der Waals surface area contributed by atoms with Crippen LogP contribution in [0.3, 0.4) is 0 Å². The van der Waals surface area contributed by atoms with Crippen molar-refractivity contribution in [2.75, 3.05) is 6.79 Å². The van der Waals surface area contributed by atoms with Crippen LogP contribution >= 0.6 is 23.2 Å². The first-order valence-corrected chi connectivity index (χ1v) is 8.18. The van der Waals surface area contributed by atoms with Crippen LogP contribution in [-0.4, -0.2) is 16.3 Å². The minimum atomic E-state index is -0.285. The first-order chi connectivity index (χ1) is 11.7. The maximum atomic E-state index is 6.33. The van der Waals surface area contributed by atoms with Crippen molar-refractivity contribution in [3.8, 4) is 5.75 Å². The van der Waals surface area contributed by atoms with Gasteiger partial charge in [0.2, 0.25) is 0 Å². The first-order valence-electron chi connectivity index (χ1n) is 7.42. The molecular formula is C18H16Cl2N2O2. The minimum absolute atomic E-state index is 0.113. The summed E-state index contributed by atoms with van der Waals surface area (Å²) < 4.78 is 13.5. The molecule has 1 atom stereocenters. The minimum Gasteiger partial charge on any atom is -0.468 e. The van der Waals surface area contributed by atoms with E-state index in [1.807, 2.05) is 47.2 Å². The Hall–Kier alpha value is -2.01. The van der Waals surface area contributed by atoms with E-state index < -0.39 is 0 Å². The van der Waals surface area contributed by atoms with Gasteiger partial charge in [-0.15, -0.1) is 0 Å². The van der Waals surface area contributed by atoms with Gasteiger partial charge >= 0.3 is 0 Å². The third-order valence-corrected chi connectivity index (χ3v) is 4.05. The molecule has 6 heteroatoms. The van der Waals surface area contributed by atoms with Crippen LogP contribution in [0.5, 0.6) is 5.75 Å². The second-order valence-corrected chi connectivity index (χ2v) is 6.00. The third kappa shape index (κ3) is 4.51. The number of aromatic nitrogens is 2. The Morgan fingerprint density at radius 1 is 1.08 bits per heavy atom. The molecular weight excluding hydrogens is 347 g/mol. The zero-order valence-corrected chi connectivity index (χ0v) is 14.3. The number of hydrogen-bond acceptors (Lipinski definition) is 3. The molecule has 24 heavy (non-hydrogen) atoms. The fourth-order valence-electron chi connectivity index (χ4n) is 2.29. The van der Waals surface area contributed by atoms with E-state index in [0.29, 0.717) is 16.6 Å². The molecule has 1 aromatic heterocycles. The lowest BCUT2D eigenvalue weighted by atomic mass is 10.1. The first kappa shape index (κ1) is 16.8. The van der Waals surface area contributed by atoms with Gasteiger partial charge in [-0.1, -0.05) is 47.5 Å². The summed E-state index contributed by atoms with van der Waals surface area (Å²) in [7, 11) is 0. The van der Waals surface area contributed by atoms with Crippen molar-refractivity contribution in [3.63, 3.8) is 0 Å². The molecule has 1 heterocycles. The highest BCUT2D eigenvalue weighted by molar-refractivity contribution is 6.35. The summed E-state index contributed by atoms with van der Waals surface area (Å²) in [6, 6.07) is 14.9. The van der Waals surface area contributed by atoms with Gasteiger partial charge in [0.15, 0.2) is 6.79 Å². The van der Waals surface area contributed by atoms with Crippen LogP contribution in [-0.2, 0) is 11.3 Å². The molecule has 0 aliphatic carbocycles. The Morgan fingerprint density at radius 2 is 1.92 bits per heavy atom. The molecule has 3 aromatic rings. The van der Waals surface area contributed by atoms with Crippen LogP contribution < -0.4 is 4.74 Å². The number of benzene rings is 2. The van der Waals surface area contributed by atoms with E-state index in [2.05, 4.69) is 4.98 Å². The van der Waals surface area contributed by atoms with E-state index in [9.17, 15) is 0 Å². The van der Waals surface area contributed by atoms with Gasteiger partial charge in [0.25, 0.3) is 0 Å². The van der Waals surface area contributed by atoms with Crippen LogP contribution in [0.1, 0.15) is 11.7 Å². The van der Waals surface area contributed by atoms with Gasteiger partial charge in [-0.3, -0.25) is 0 Å². The lowest BCUT2D eigenvalue weighted by Gasteiger charge is -2.20. The summed E-state index contributed by atoms with van der Waals surface area (Å²) in [6.45, 7) is 0.682. The predicted molar refractivity (Wildman–Crippen MR) is 94.5 cm³/mol. The summed E-state index contributed by atoms with van der Waals surface area (Å²) in [4.78, 5) is 4.06. The van der Waals surface area contributed by atoms with Gasteiger partial charge in [0.05, 0.1) is 12.9 Å². The van der Waals surface area contributed by atoms with Crippen LogP contribution in [0.4, 0.5) is 0 Å². The van der Waals surface area contributed by atoms with Crippen molar-refractivity contribution < 1.29 is 9.47 Å².